The minimum Gasteiger partial charge on any atom is -0.338 e. The van der Waals surface area contributed by atoms with E-state index in [4.69, 9.17) is 5.14 Å². The second-order valence-corrected chi connectivity index (χ2v) is 6.11. The Bertz CT molecular complexity index is 464. The maximum absolute atomic E-state index is 12.4. The van der Waals surface area contributed by atoms with Crippen LogP contribution in [0, 0.1) is 11.8 Å². The van der Waals surface area contributed by atoms with Crippen molar-refractivity contribution in [3.8, 4) is 0 Å². The molecular formula is C13H18N4OS. The zero-order valence-electron chi connectivity index (χ0n) is 11.0. The quantitative estimate of drug-likeness (QED) is 0.806. The van der Waals surface area contributed by atoms with Crippen LogP contribution in [0.4, 0.5) is 0 Å². The lowest BCUT2D eigenvalue weighted by Crippen LogP contribution is -2.32. The van der Waals surface area contributed by atoms with Crippen LogP contribution in [0.1, 0.15) is 10.4 Å². The third-order valence-electron chi connectivity index (χ3n) is 4.06. The minimum atomic E-state index is 0.0955. The van der Waals surface area contributed by atoms with Crippen molar-refractivity contribution in [3.63, 3.8) is 0 Å². The Morgan fingerprint density at radius 1 is 1.32 bits per heavy atom. The summed E-state index contributed by atoms with van der Waals surface area (Å²) in [5.41, 5.74) is 0.658. The normalized spacial score (nSPS) is 26.7. The van der Waals surface area contributed by atoms with Gasteiger partial charge in [0.2, 0.25) is 0 Å². The van der Waals surface area contributed by atoms with E-state index >= 15 is 0 Å². The number of rotatable bonds is 2. The summed E-state index contributed by atoms with van der Waals surface area (Å²) in [5.74, 6) is 1.37. The highest BCUT2D eigenvalue weighted by Gasteiger charge is 2.40. The second-order valence-electron chi connectivity index (χ2n) is 5.45. The van der Waals surface area contributed by atoms with Crippen molar-refractivity contribution >= 4 is 17.9 Å². The van der Waals surface area contributed by atoms with Crippen molar-refractivity contribution in [2.24, 2.45) is 17.0 Å². The van der Waals surface area contributed by atoms with E-state index in [1.807, 2.05) is 11.0 Å². The summed E-state index contributed by atoms with van der Waals surface area (Å²) in [5, 5.41) is 6.16. The van der Waals surface area contributed by atoms with Crippen LogP contribution in [-0.2, 0) is 0 Å². The van der Waals surface area contributed by atoms with Gasteiger partial charge in [-0.05, 0) is 43.0 Å². The number of pyridine rings is 1. The zero-order valence-corrected chi connectivity index (χ0v) is 11.8. The Balaban J connectivity index is 1.68. The molecule has 2 aliphatic heterocycles. The molecule has 0 spiro atoms. The van der Waals surface area contributed by atoms with Gasteiger partial charge in [0.1, 0.15) is 5.03 Å². The second kappa shape index (κ2) is 5.11. The van der Waals surface area contributed by atoms with Gasteiger partial charge in [0, 0.05) is 32.4 Å². The molecule has 2 atom stereocenters. The van der Waals surface area contributed by atoms with E-state index in [2.05, 4.69) is 16.9 Å². The maximum Gasteiger partial charge on any atom is 0.255 e. The van der Waals surface area contributed by atoms with E-state index in [0.29, 0.717) is 17.4 Å². The fourth-order valence-electron chi connectivity index (χ4n) is 3.15. The van der Waals surface area contributed by atoms with Gasteiger partial charge in [-0.25, -0.2) is 4.98 Å². The van der Waals surface area contributed by atoms with E-state index < -0.39 is 0 Å². The number of carbonyl (C=O) groups is 1. The lowest BCUT2D eigenvalue weighted by atomic mass is 10.0. The predicted octanol–water partition coefficient (Wildman–Crippen LogP) is 0.681. The summed E-state index contributed by atoms with van der Waals surface area (Å²) in [6, 6.07) is 3.60. The molecule has 1 amide bonds. The van der Waals surface area contributed by atoms with Gasteiger partial charge in [0.25, 0.3) is 5.91 Å². The van der Waals surface area contributed by atoms with Crippen LogP contribution in [0.25, 0.3) is 0 Å². The first-order chi connectivity index (χ1) is 9.17. The number of carbonyl (C=O) groups excluding carboxylic acids is 1. The average molecular weight is 278 g/mol. The molecule has 3 rings (SSSR count). The highest BCUT2D eigenvalue weighted by Crippen LogP contribution is 2.30. The van der Waals surface area contributed by atoms with Crippen LogP contribution < -0.4 is 5.14 Å². The number of nitrogens with two attached hydrogens (primary N) is 1. The monoisotopic (exact) mass is 278 g/mol. The van der Waals surface area contributed by atoms with Gasteiger partial charge in [-0.15, -0.1) is 0 Å². The van der Waals surface area contributed by atoms with Crippen LogP contribution >= 0.6 is 11.9 Å². The molecule has 1 aromatic heterocycles. The number of hydrogen-bond acceptors (Lipinski definition) is 5. The van der Waals surface area contributed by atoms with Crippen molar-refractivity contribution in [3.05, 3.63) is 23.9 Å². The molecular weight excluding hydrogens is 260 g/mol. The molecule has 2 aliphatic rings. The molecule has 2 saturated heterocycles. The molecule has 19 heavy (non-hydrogen) atoms. The lowest BCUT2D eigenvalue weighted by molar-refractivity contribution is 0.0775. The molecule has 2 fully saturated rings. The number of amides is 1. The van der Waals surface area contributed by atoms with Crippen LogP contribution in [-0.4, -0.2) is 53.9 Å². The number of nitrogens with zero attached hydrogens (tertiary/aromatic N) is 3. The summed E-state index contributed by atoms with van der Waals surface area (Å²) in [4.78, 5) is 20.9. The molecule has 0 bridgehead atoms. The summed E-state index contributed by atoms with van der Waals surface area (Å²) in [6.07, 6.45) is 1.62. The van der Waals surface area contributed by atoms with E-state index in [-0.39, 0.29) is 5.91 Å². The molecule has 5 nitrogen and oxygen atoms in total. The molecule has 3 heterocycles. The van der Waals surface area contributed by atoms with Gasteiger partial charge in [-0.3, -0.25) is 9.93 Å². The van der Waals surface area contributed by atoms with Crippen molar-refractivity contribution < 1.29 is 4.79 Å². The van der Waals surface area contributed by atoms with E-state index in [1.54, 1.807) is 12.3 Å². The smallest absolute Gasteiger partial charge is 0.255 e. The third-order valence-corrected chi connectivity index (χ3v) is 4.54. The van der Waals surface area contributed by atoms with Crippen LogP contribution in [0.5, 0.6) is 0 Å². The molecule has 2 unspecified atom stereocenters. The summed E-state index contributed by atoms with van der Waals surface area (Å²) in [6.45, 7) is 3.97. The Morgan fingerprint density at radius 3 is 2.53 bits per heavy atom. The van der Waals surface area contributed by atoms with Gasteiger partial charge in [0.05, 0.1) is 5.56 Å². The summed E-state index contributed by atoms with van der Waals surface area (Å²) in [7, 11) is 2.15. The van der Waals surface area contributed by atoms with E-state index in [1.165, 1.54) is 0 Å². The number of fused-ring (bicyclic) bond motifs is 1. The largest absolute Gasteiger partial charge is 0.338 e. The van der Waals surface area contributed by atoms with Gasteiger partial charge < -0.3 is 9.80 Å². The van der Waals surface area contributed by atoms with Crippen LogP contribution in [0.2, 0.25) is 0 Å². The Morgan fingerprint density at radius 2 is 2.00 bits per heavy atom. The SMILES string of the molecule is CN1CC2CN(C(=O)c3ccc(SN)nc3)CC2C1. The fourth-order valence-corrected chi connectivity index (χ4v) is 3.41. The predicted molar refractivity (Wildman–Crippen MR) is 74.7 cm³/mol. The number of hydrogen-bond donors (Lipinski definition) is 1. The molecule has 102 valence electrons. The van der Waals surface area contributed by atoms with Gasteiger partial charge in [0.15, 0.2) is 0 Å². The van der Waals surface area contributed by atoms with E-state index in [0.717, 1.165) is 43.2 Å². The first-order valence-electron chi connectivity index (χ1n) is 6.48. The summed E-state index contributed by atoms with van der Waals surface area (Å²) >= 11 is 1.09. The van der Waals surface area contributed by atoms with Crippen molar-refractivity contribution in [2.45, 2.75) is 5.03 Å². The third kappa shape index (κ3) is 2.48. The topological polar surface area (TPSA) is 62.5 Å². The Kier molecular flexibility index (Phi) is 3.47. The highest BCUT2D eigenvalue weighted by atomic mass is 32.2. The standard InChI is InChI=1S/C13H18N4OS/c1-16-5-10-7-17(8-11(10)6-16)13(18)9-2-3-12(19-14)15-4-9/h2-4,10-11H,5-8,14H2,1H3. The first-order valence-corrected chi connectivity index (χ1v) is 7.36. The van der Waals surface area contributed by atoms with Crippen molar-refractivity contribution in [2.75, 3.05) is 33.2 Å². The molecule has 6 heteroatoms. The fraction of sp³-hybridized carbons (Fsp3) is 0.538. The molecule has 0 aromatic carbocycles. The van der Waals surface area contributed by atoms with Crippen LogP contribution in [0.3, 0.4) is 0 Å². The molecule has 1 aromatic rings. The number of aromatic nitrogens is 1. The van der Waals surface area contributed by atoms with Gasteiger partial charge >= 0.3 is 0 Å². The Labute approximate surface area is 117 Å². The van der Waals surface area contributed by atoms with Crippen LogP contribution in [0.15, 0.2) is 23.4 Å². The van der Waals surface area contributed by atoms with E-state index in [9.17, 15) is 4.79 Å². The highest BCUT2D eigenvalue weighted by molar-refractivity contribution is 7.97. The molecule has 0 saturated carbocycles. The zero-order chi connectivity index (χ0) is 13.4. The summed E-state index contributed by atoms with van der Waals surface area (Å²) < 4.78 is 0. The molecule has 2 N–H and O–H groups in total. The van der Waals surface area contributed by atoms with Gasteiger partial charge in [-0.1, -0.05) is 0 Å². The minimum absolute atomic E-state index is 0.0955. The average Bonchev–Trinajstić information content (AvgIpc) is 2.95. The van der Waals surface area contributed by atoms with Gasteiger partial charge in [-0.2, -0.15) is 0 Å². The molecule has 0 radical (unpaired) electrons. The molecule has 0 aliphatic carbocycles. The maximum atomic E-state index is 12.4. The van der Waals surface area contributed by atoms with Crippen molar-refractivity contribution in [1.82, 2.24) is 14.8 Å². The van der Waals surface area contributed by atoms with Crippen molar-refractivity contribution in [1.29, 1.82) is 0 Å². The lowest BCUT2D eigenvalue weighted by Gasteiger charge is -2.19. The first kappa shape index (κ1) is 12.9. The number of likely N-dealkylation sites (tertiary alicyclic amines) is 2. The Hall–Kier alpha value is -1.11.